The van der Waals surface area contributed by atoms with Crippen molar-refractivity contribution < 1.29 is 0 Å². The number of aromatic amines is 1. The molecule has 0 bridgehead atoms. The minimum absolute atomic E-state index is 0.187. The number of benzene rings is 2. The lowest BCUT2D eigenvalue weighted by atomic mass is 10.0. The minimum atomic E-state index is -0.187. The first-order valence-corrected chi connectivity index (χ1v) is 10.2. The smallest absolute Gasteiger partial charge is 0.262 e. The van der Waals surface area contributed by atoms with E-state index >= 15 is 0 Å². The lowest BCUT2D eigenvalue weighted by Crippen LogP contribution is -2.33. The van der Waals surface area contributed by atoms with Crippen LogP contribution in [-0.2, 0) is 13.0 Å². The number of hydrogen-bond acceptors (Lipinski definition) is 4. The summed E-state index contributed by atoms with van der Waals surface area (Å²) in [7, 11) is 0. The van der Waals surface area contributed by atoms with Crippen LogP contribution in [-0.4, -0.2) is 21.5 Å². The van der Waals surface area contributed by atoms with E-state index in [4.69, 9.17) is 11.6 Å². The van der Waals surface area contributed by atoms with Gasteiger partial charge >= 0.3 is 0 Å². The normalized spacial score (nSPS) is 13.7. The second-order valence-electron chi connectivity index (χ2n) is 7.32. The Labute approximate surface area is 178 Å². The van der Waals surface area contributed by atoms with E-state index in [1.807, 2.05) is 48.6 Å². The van der Waals surface area contributed by atoms with Crippen molar-refractivity contribution in [2.24, 2.45) is 0 Å². The fourth-order valence-electron chi connectivity index (χ4n) is 3.84. The maximum absolute atomic E-state index is 13.0. The molecule has 30 heavy (non-hydrogen) atoms. The summed E-state index contributed by atoms with van der Waals surface area (Å²) >= 11 is 6.06. The van der Waals surface area contributed by atoms with E-state index in [-0.39, 0.29) is 5.56 Å². The van der Waals surface area contributed by atoms with Crippen molar-refractivity contribution in [3.05, 3.63) is 98.4 Å². The number of pyridine rings is 1. The van der Waals surface area contributed by atoms with Gasteiger partial charge in [0.15, 0.2) is 5.65 Å². The molecule has 1 N–H and O–H groups in total. The topological polar surface area (TPSA) is 61.9 Å². The van der Waals surface area contributed by atoms with E-state index in [0.717, 1.165) is 30.6 Å². The molecule has 5 rings (SSSR count). The number of H-pyrrole nitrogens is 1. The first kappa shape index (κ1) is 18.6. The average Bonchev–Trinajstić information content (AvgIpc) is 2.77. The molecule has 0 saturated heterocycles. The number of fused-ring (bicyclic) bond motifs is 2. The summed E-state index contributed by atoms with van der Waals surface area (Å²) in [6.45, 7) is 1.53. The van der Waals surface area contributed by atoms with Crippen molar-refractivity contribution in [2.45, 2.75) is 13.0 Å². The summed E-state index contributed by atoms with van der Waals surface area (Å²) in [5.41, 5.74) is 4.60. The number of nitrogens with zero attached hydrogens (tertiary/aromatic N) is 3. The van der Waals surface area contributed by atoms with Crippen LogP contribution in [0.5, 0.6) is 0 Å². The van der Waals surface area contributed by atoms with Gasteiger partial charge in [-0.05, 0) is 46.9 Å². The summed E-state index contributed by atoms with van der Waals surface area (Å²) in [5, 5.41) is 1.15. The summed E-state index contributed by atoms with van der Waals surface area (Å²) in [5.74, 6) is 0.561. The Morgan fingerprint density at radius 3 is 2.77 bits per heavy atom. The highest BCUT2D eigenvalue weighted by Crippen LogP contribution is 2.23. The molecule has 0 saturated carbocycles. The van der Waals surface area contributed by atoms with Crippen molar-refractivity contribution in [3.8, 4) is 0 Å². The van der Waals surface area contributed by atoms with E-state index in [2.05, 4.69) is 38.1 Å². The molecule has 1 aliphatic heterocycles. The van der Waals surface area contributed by atoms with Crippen LogP contribution in [0, 0.1) is 0 Å². The van der Waals surface area contributed by atoms with E-state index in [0.29, 0.717) is 22.0 Å². The minimum Gasteiger partial charge on any atom is -0.338 e. The van der Waals surface area contributed by atoms with Crippen LogP contribution in [0.25, 0.3) is 23.2 Å². The third-order valence-electron chi connectivity index (χ3n) is 5.36. The number of hydrogen-bond donors (Lipinski definition) is 1. The van der Waals surface area contributed by atoms with Gasteiger partial charge in [-0.1, -0.05) is 60.2 Å². The van der Waals surface area contributed by atoms with E-state index in [1.165, 1.54) is 11.1 Å². The lowest BCUT2D eigenvalue weighted by Gasteiger charge is -2.29. The van der Waals surface area contributed by atoms with Gasteiger partial charge in [0, 0.05) is 24.3 Å². The van der Waals surface area contributed by atoms with Crippen LogP contribution in [0.4, 0.5) is 5.95 Å². The zero-order valence-electron chi connectivity index (χ0n) is 16.2. The third-order valence-corrected chi connectivity index (χ3v) is 5.60. The standard InChI is InChI=1S/C24H19ClN4O/c25-20-7-3-4-16(14-20)8-9-18-10-12-26-22-21(18)23(30)28-24(27-22)29-13-11-17-5-1-2-6-19(17)15-29/h1-10,12,14H,11,13,15H2,(H,26,27,28,30)/b9-8+. The van der Waals surface area contributed by atoms with Gasteiger partial charge in [-0.25, -0.2) is 4.98 Å². The lowest BCUT2D eigenvalue weighted by molar-refractivity contribution is 0.708. The predicted octanol–water partition coefficient (Wildman–Crippen LogP) is 4.70. The molecule has 0 amide bonds. The zero-order valence-corrected chi connectivity index (χ0v) is 16.9. The van der Waals surface area contributed by atoms with E-state index < -0.39 is 0 Å². The first-order chi connectivity index (χ1) is 14.7. The SMILES string of the molecule is O=c1[nH]c(N2CCc3ccccc3C2)nc2nccc(/C=C/c3cccc(Cl)c3)c12. The summed E-state index contributed by atoms with van der Waals surface area (Å²) < 4.78 is 0. The molecule has 1 aliphatic rings. The molecule has 0 fully saturated rings. The molecule has 2 aromatic carbocycles. The summed E-state index contributed by atoms with van der Waals surface area (Å²) in [4.78, 5) is 27.0. The van der Waals surface area contributed by atoms with Gasteiger partial charge in [0.2, 0.25) is 5.95 Å². The molecule has 6 heteroatoms. The van der Waals surface area contributed by atoms with Crippen LogP contribution in [0.2, 0.25) is 5.02 Å². The Hall–Kier alpha value is -3.44. The van der Waals surface area contributed by atoms with Gasteiger partial charge in [0.05, 0.1) is 5.39 Å². The van der Waals surface area contributed by atoms with Crippen LogP contribution in [0.3, 0.4) is 0 Å². The molecule has 2 aromatic heterocycles. The van der Waals surface area contributed by atoms with Gasteiger partial charge in [0.25, 0.3) is 5.56 Å². The van der Waals surface area contributed by atoms with Crippen LogP contribution in [0.1, 0.15) is 22.3 Å². The Morgan fingerprint density at radius 2 is 1.90 bits per heavy atom. The fraction of sp³-hybridized carbons (Fsp3) is 0.125. The van der Waals surface area contributed by atoms with Crippen molar-refractivity contribution in [1.29, 1.82) is 0 Å². The van der Waals surface area contributed by atoms with E-state index in [1.54, 1.807) is 6.20 Å². The summed E-state index contributed by atoms with van der Waals surface area (Å²) in [6.07, 6.45) is 6.43. The second-order valence-corrected chi connectivity index (χ2v) is 7.75. The highest BCUT2D eigenvalue weighted by Gasteiger charge is 2.19. The molecule has 148 valence electrons. The maximum Gasteiger partial charge on any atom is 0.262 e. The van der Waals surface area contributed by atoms with Gasteiger partial charge in [-0.15, -0.1) is 0 Å². The van der Waals surface area contributed by atoms with Gasteiger partial charge in [-0.3, -0.25) is 9.78 Å². The van der Waals surface area contributed by atoms with Gasteiger partial charge in [0.1, 0.15) is 0 Å². The Kier molecular flexibility index (Phi) is 4.81. The molecule has 0 radical (unpaired) electrons. The predicted molar refractivity (Wildman–Crippen MR) is 122 cm³/mol. The van der Waals surface area contributed by atoms with Crippen molar-refractivity contribution in [1.82, 2.24) is 15.0 Å². The van der Waals surface area contributed by atoms with Gasteiger partial charge < -0.3 is 4.90 Å². The molecule has 3 heterocycles. The third kappa shape index (κ3) is 3.60. The molecule has 4 aromatic rings. The molecule has 0 spiro atoms. The van der Waals surface area contributed by atoms with Crippen LogP contribution >= 0.6 is 11.6 Å². The first-order valence-electron chi connectivity index (χ1n) is 9.82. The van der Waals surface area contributed by atoms with Crippen molar-refractivity contribution in [2.75, 3.05) is 11.4 Å². The highest BCUT2D eigenvalue weighted by atomic mass is 35.5. The number of aromatic nitrogens is 3. The Bertz CT molecular complexity index is 1330. The van der Waals surface area contributed by atoms with Crippen LogP contribution < -0.4 is 10.5 Å². The fourth-order valence-corrected chi connectivity index (χ4v) is 4.04. The molecule has 0 atom stereocenters. The largest absolute Gasteiger partial charge is 0.338 e. The number of rotatable bonds is 3. The molecule has 5 nitrogen and oxygen atoms in total. The monoisotopic (exact) mass is 414 g/mol. The van der Waals surface area contributed by atoms with Crippen molar-refractivity contribution in [3.63, 3.8) is 0 Å². The Morgan fingerprint density at radius 1 is 1.03 bits per heavy atom. The number of anilines is 1. The van der Waals surface area contributed by atoms with E-state index in [9.17, 15) is 4.79 Å². The number of nitrogens with one attached hydrogen (secondary N) is 1. The number of halogens is 1. The van der Waals surface area contributed by atoms with Gasteiger partial charge in [-0.2, -0.15) is 4.98 Å². The molecule has 0 unspecified atom stereocenters. The highest BCUT2D eigenvalue weighted by molar-refractivity contribution is 6.30. The zero-order chi connectivity index (χ0) is 20.5. The summed E-state index contributed by atoms with van der Waals surface area (Å²) in [6, 6.07) is 17.8. The Balaban J connectivity index is 1.51. The molecular formula is C24H19ClN4O. The van der Waals surface area contributed by atoms with Crippen LogP contribution in [0.15, 0.2) is 65.6 Å². The second kappa shape index (κ2) is 7.76. The van der Waals surface area contributed by atoms with Crippen molar-refractivity contribution >= 4 is 40.7 Å². The average molecular weight is 415 g/mol. The maximum atomic E-state index is 13.0. The molecule has 0 aliphatic carbocycles. The molecular weight excluding hydrogens is 396 g/mol. The quantitative estimate of drug-likeness (QED) is 0.527.